The molecule has 2 heteroatoms. The molecule has 3 aromatic rings. The monoisotopic (exact) mass is 356 g/mol. The number of para-hydroxylation sites is 4. The van der Waals surface area contributed by atoms with E-state index in [2.05, 4.69) is 116 Å². The van der Waals surface area contributed by atoms with Gasteiger partial charge in [-0.1, -0.05) is 76.2 Å². The average Bonchev–Trinajstić information content (AvgIpc) is 3.04. The summed E-state index contributed by atoms with van der Waals surface area (Å²) in [5.41, 5.74) is 6.52. The molecule has 0 radical (unpaired) electrons. The summed E-state index contributed by atoms with van der Waals surface area (Å²) in [5, 5.41) is 0. The Kier molecular flexibility index (Phi) is 4.65. The summed E-state index contributed by atoms with van der Waals surface area (Å²) in [6.07, 6.45) is 0.240. The van der Waals surface area contributed by atoms with Crippen molar-refractivity contribution in [1.29, 1.82) is 0 Å². The van der Waals surface area contributed by atoms with Gasteiger partial charge in [0, 0.05) is 11.4 Å². The molecule has 138 valence electrons. The third kappa shape index (κ3) is 2.99. The molecule has 2 nitrogen and oxygen atoms in total. The minimum Gasteiger partial charge on any atom is -0.318 e. The lowest BCUT2D eigenvalue weighted by Crippen LogP contribution is -2.42. The summed E-state index contributed by atoms with van der Waals surface area (Å²) in [6.45, 7) is 9.19. The second-order valence-corrected chi connectivity index (χ2v) is 7.94. The molecule has 0 bridgehead atoms. The largest absolute Gasteiger partial charge is 0.318 e. The molecule has 0 fully saturated rings. The number of hydrogen-bond acceptors (Lipinski definition) is 2. The first kappa shape index (κ1) is 17.7. The van der Waals surface area contributed by atoms with Gasteiger partial charge in [-0.3, -0.25) is 0 Å². The van der Waals surface area contributed by atoms with E-state index >= 15 is 0 Å². The predicted molar refractivity (Wildman–Crippen MR) is 116 cm³/mol. The number of fused-ring (bicyclic) bond motifs is 1. The van der Waals surface area contributed by atoms with Crippen LogP contribution in [-0.4, -0.2) is 6.17 Å². The third-order valence-corrected chi connectivity index (χ3v) is 5.38. The second-order valence-electron chi connectivity index (χ2n) is 7.94. The summed E-state index contributed by atoms with van der Waals surface area (Å²) in [4.78, 5) is 5.04. The summed E-state index contributed by atoms with van der Waals surface area (Å²) in [5.74, 6) is 0.935. The van der Waals surface area contributed by atoms with E-state index in [0.717, 1.165) is 0 Å². The van der Waals surface area contributed by atoms with Crippen LogP contribution in [0.1, 0.15) is 39.2 Å². The number of anilines is 4. The maximum Gasteiger partial charge on any atom is 0.113 e. The number of nitrogens with zero attached hydrogens (tertiary/aromatic N) is 2. The summed E-state index contributed by atoms with van der Waals surface area (Å²) >= 11 is 0. The van der Waals surface area contributed by atoms with E-state index < -0.39 is 0 Å². The van der Waals surface area contributed by atoms with Gasteiger partial charge in [0.05, 0.1) is 11.4 Å². The molecule has 27 heavy (non-hydrogen) atoms. The van der Waals surface area contributed by atoms with E-state index in [4.69, 9.17) is 0 Å². The van der Waals surface area contributed by atoms with E-state index in [-0.39, 0.29) is 6.17 Å². The fourth-order valence-electron chi connectivity index (χ4n) is 4.22. The molecule has 0 aromatic heterocycles. The Morgan fingerprint density at radius 1 is 0.593 bits per heavy atom. The first-order valence-corrected chi connectivity index (χ1v) is 9.91. The lowest BCUT2D eigenvalue weighted by molar-refractivity contribution is 0.505. The van der Waals surface area contributed by atoms with Crippen LogP contribution in [0.4, 0.5) is 22.7 Å². The molecule has 0 saturated carbocycles. The van der Waals surface area contributed by atoms with Gasteiger partial charge in [0.15, 0.2) is 0 Å². The van der Waals surface area contributed by atoms with Crippen LogP contribution in [0, 0.1) is 5.92 Å². The Morgan fingerprint density at radius 2 is 1.11 bits per heavy atom. The van der Waals surface area contributed by atoms with Gasteiger partial charge < -0.3 is 9.80 Å². The Labute approximate surface area is 163 Å². The predicted octanol–water partition coefficient (Wildman–Crippen LogP) is 7.08. The number of rotatable bonds is 4. The lowest BCUT2D eigenvalue weighted by Gasteiger charge is -2.37. The van der Waals surface area contributed by atoms with Crippen LogP contribution in [0.3, 0.4) is 0 Å². The van der Waals surface area contributed by atoms with Crippen LogP contribution in [0.2, 0.25) is 0 Å². The molecular weight excluding hydrogens is 328 g/mol. The van der Waals surface area contributed by atoms with Crippen LogP contribution < -0.4 is 9.80 Å². The summed E-state index contributed by atoms with van der Waals surface area (Å²) in [6, 6.07) is 28.4. The van der Waals surface area contributed by atoms with Crippen molar-refractivity contribution in [3.63, 3.8) is 0 Å². The van der Waals surface area contributed by atoms with Crippen LogP contribution in [-0.2, 0) is 0 Å². The van der Waals surface area contributed by atoms with Gasteiger partial charge in [0.25, 0.3) is 0 Å². The topological polar surface area (TPSA) is 6.48 Å². The van der Waals surface area contributed by atoms with Gasteiger partial charge in [0.2, 0.25) is 0 Å². The minimum atomic E-state index is 0.240. The van der Waals surface area contributed by atoms with E-state index in [0.29, 0.717) is 11.8 Å². The molecular formula is C25H28N2. The second kappa shape index (κ2) is 7.11. The van der Waals surface area contributed by atoms with Crippen molar-refractivity contribution in [3.8, 4) is 0 Å². The van der Waals surface area contributed by atoms with E-state index in [9.17, 15) is 0 Å². The van der Waals surface area contributed by atoms with Gasteiger partial charge in [-0.2, -0.15) is 0 Å². The van der Waals surface area contributed by atoms with Crippen LogP contribution >= 0.6 is 0 Å². The average molecular weight is 357 g/mol. The van der Waals surface area contributed by atoms with Crippen LogP contribution in [0.5, 0.6) is 0 Å². The Hall–Kier alpha value is -2.74. The highest BCUT2D eigenvalue weighted by Gasteiger charge is 2.40. The molecule has 0 spiro atoms. The molecule has 0 aliphatic carbocycles. The van der Waals surface area contributed by atoms with E-state index in [1.54, 1.807) is 0 Å². The smallest absolute Gasteiger partial charge is 0.113 e. The van der Waals surface area contributed by atoms with Gasteiger partial charge in [-0.15, -0.1) is 0 Å². The van der Waals surface area contributed by atoms with Crippen molar-refractivity contribution >= 4 is 22.7 Å². The standard InChI is InChI=1S/C25H28N2/c1-18(2)21-14-8-9-15-22(21)27-24-17-11-10-16-23(24)26(25(27)19(3)4)20-12-6-5-7-13-20/h5-19,25H,1-4H3. The molecule has 1 aliphatic rings. The molecule has 1 atom stereocenters. The number of hydrogen-bond donors (Lipinski definition) is 0. The van der Waals surface area contributed by atoms with Gasteiger partial charge in [0.1, 0.15) is 6.17 Å². The van der Waals surface area contributed by atoms with Crippen LogP contribution in [0.25, 0.3) is 0 Å². The Balaban J connectivity index is 1.95. The van der Waals surface area contributed by atoms with Crippen LogP contribution in [0.15, 0.2) is 78.9 Å². The van der Waals surface area contributed by atoms with E-state index in [1.807, 2.05) is 0 Å². The third-order valence-electron chi connectivity index (χ3n) is 5.38. The van der Waals surface area contributed by atoms with Crippen molar-refractivity contribution in [2.75, 3.05) is 9.80 Å². The molecule has 1 heterocycles. The highest BCUT2D eigenvalue weighted by atomic mass is 15.4. The number of benzene rings is 3. The van der Waals surface area contributed by atoms with Crippen molar-refractivity contribution in [1.82, 2.24) is 0 Å². The maximum absolute atomic E-state index is 2.54. The quantitative estimate of drug-likeness (QED) is 0.493. The molecule has 3 aromatic carbocycles. The zero-order valence-corrected chi connectivity index (χ0v) is 16.6. The molecule has 0 saturated heterocycles. The van der Waals surface area contributed by atoms with Crippen molar-refractivity contribution in [2.45, 2.75) is 39.8 Å². The highest BCUT2D eigenvalue weighted by molar-refractivity contribution is 5.89. The zero-order valence-electron chi connectivity index (χ0n) is 16.6. The maximum atomic E-state index is 2.54. The highest BCUT2D eigenvalue weighted by Crippen LogP contribution is 2.50. The fourth-order valence-corrected chi connectivity index (χ4v) is 4.22. The van der Waals surface area contributed by atoms with Crippen molar-refractivity contribution < 1.29 is 0 Å². The van der Waals surface area contributed by atoms with Gasteiger partial charge >= 0.3 is 0 Å². The minimum absolute atomic E-state index is 0.240. The Bertz CT molecular complexity index is 914. The van der Waals surface area contributed by atoms with E-state index in [1.165, 1.54) is 28.3 Å². The van der Waals surface area contributed by atoms with Gasteiger partial charge in [-0.05, 0) is 47.7 Å². The van der Waals surface area contributed by atoms with Crippen molar-refractivity contribution in [3.05, 3.63) is 84.4 Å². The lowest BCUT2D eigenvalue weighted by atomic mass is 9.99. The first-order valence-electron chi connectivity index (χ1n) is 9.91. The summed E-state index contributed by atoms with van der Waals surface area (Å²) < 4.78 is 0. The molecule has 4 rings (SSSR count). The zero-order chi connectivity index (χ0) is 19.0. The molecule has 1 aliphatic heterocycles. The first-order chi connectivity index (χ1) is 13.1. The molecule has 0 N–H and O–H groups in total. The normalized spacial score (nSPS) is 16.3. The molecule has 0 amide bonds. The summed E-state index contributed by atoms with van der Waals surface area (Å²) in [7, 11) is 0. The van der Waals surface area contributed by atoms with Gasteiger partial charge in [-0.25, -0.2) is 0 Å². The SMILES string of the molecule is CC(C)c1ccccc1N1c2ccccc2N(c2ccccc2)C1C(C)C. The fraction of sp³-hybridized carbons (Fsp3) is 0.280. The molecule has 1 unspecified atom stereocenters. The van der Waals surface area contributed by atoms with Crippen molar-refractivity contribution in [2.24, 2.45) is 5.92 Å². The Morgan fingerprint density at radius 3 is 1.70 bits per heavy atom.